The fourth-order valence-electron chi connectivity index (χ4n) is 2.02. The maximum absolute atomic E-state index is 10.3. The van der Waals surface area contributed by atoms with Crippen LogP contribution in [0.1, 0.15) is 13.8 Å². The molecule has 1 aromatic heterocycles. The Bertz CT molecular complexity index is 645. The number of benzene rings is 1. The van der Waals surface area contributed by atoms with Crippen LogP contribution in [0.25, 0.3) is 10.9 Å². The molecule has 1 heterocycles. The molecule has 0 radical (unpaired) electrons. The summed E-state index contributed by atoms with van der Waals surface area (Å²) in [6, 6.07) is 7.64. The molecule has 5 nitrogen and oxygen atoms in total. The van der Waals surface area contributed by atoms with Crippen LogP contribution in [0.2, 0.25) is 0 Å². The van der Waals surface area contributed by atoms with Crippen molar-refractivity contribution in [1.29, 1.82) is 0 Å². The Balaban J connectivity index is 2.63. The van der Waals surface area contributed by atoms with Crippen molar-refractivity contribution in [2.75, 3.05) is 0 Å². The second-order valence-electron chi connectivity index (χ2n) is 4.73. The minimum atomic E-state index is -0.0555. The van der Waals surface area contributed by atoms with Crippen LogP contribution in [0.15, 0.2) is 34.5 Å². The van der Waals surface area contributed by atoms with Gasteiger partial charge in [-0.25, -0.2) is 0 Å². The van der Waals surface area contributed by atoms with Crippen LogP contribution in [0.4, 0.5) is 5.69 Å². The van der Waals surface area contributed by atoms with Gasteiger partial charge in [-0.3, -0.25) is 0 Å². The average Bonchev–Trinajstić information content (AvgIpc) is 2.60. The van der Waals surface area contributed by atoms with E-state index in [0.717, 1.165) is 10.9 Å². The fourth-order valence-corrected chi connectivity index (χ4v) is 2.06. The van der Waals surface area contributed by atoms with Gasteiger partial charge in [-0.1, -0.05) is 32.0 Å². The summed E-state index contributed by atoms with van der Waals surface area (Å²) in [5, 5.41) is 18.7. The van der Waals surface area contributed by atoms with Gasteiger partial charge >= 0.3 is 0 Å². The standard InChI is InChI=1S/C13H16N4OS/c1-8(2)7-17-10-6-4-3-5-9(10)11(12(17)18)15-16-13(14)19/h3-6,8,18H,7H2,1-2H3,(H2,14,19). The van der Waals surface area contributed by atoms with Gasteiger partial charge in [0.05, 0.1) is 5.52 Å². The lowest BCUT2D eigenvalue weighted by atomic mass is 10.2. The number of rotatable bonds is 3. The summed E-state index contributed by atoms with van der Waals surface area (Å²) in [6.07, 6.45) is 0. The molecule has 2 rings (SSSR count). The first-order valence-corrected chi connectivity index (χ1v) is 6.43. The highest BCUT2D eigenvalue weighted by Crippen LogP contribution is 2.39. The van der Waals surface area contributed by atoms with E-state index in [1.165, 1.54) is 0 Å². The maximum Gasteiger partial charge on any atom is 0.220 e. The molecule has 2 aromatic rings. The monoisotopic (exact) mass is 276 g/mol. The number of thiocarbonyl (C=S) groups is 1. The third-order valence-corrected chi connectivity index (χ3v) is 2.80. The minimum absolute atomic E-state index is 0.0555. The van der Waals surface area contributed by atoms with Crippen molar-refractivity contribution in [2.45, 2.75) is 20.4 Å². The van der Waals surface area contributed by atoms with E-state index < -0.39 is 0 Å². The second-order valence-corrected chi connectivity index (χ2v) is 5.15. The molecule has 0 aliphatic carbocycles. The molecule has 0 amide bonds. The first-order chi connectivity index (χ1) is 9.00. The van der Waals surface area contributed by atoms with Crippen molar-refractivity contribution >= 4 is 33.9 Å². The van der Waals surface area contributed by atoms with Crippen molar-refractivity contribution in [3.8, 4) is 5.88 Å². The third-order valence-electron chi connectivity index (χ3n) is 2.71. The number of fused-ring (bicyclic) bond motifs is 1. The van der Waals surface area contributed by atoms with Crippen molar-refractivity contribution in [2.24, 2.45) is 21.9 Å². The molecule has 0 fully saturated rings. The lowest BCUT2D eigenvalue weighted by Crippen LogP contribution is -2.03. The number of nitrogens with two attached hydrogens (primary N) is 1. The summed E-state index contributed by atoms with van der Waals surface area (Å²) in [7, 11) is 0. The van der Waals surface area contributed by atoms with Gasteiger partial charge in [0.1, 0.15) is 0 Å². The van der Waals surface area contributed by atoms with Gasteiger partial charge in [0.2, 0.25) is 11.0 Å². The molecular weight excluding hydrogens is 260 g/mol. The van der Waals surface area contributed by atoms with E-state index in [2.05, 4.69) is 36.3 Å². The molecule has 0 spiro atoms. The Morgan fingerprint density at radius 3 is 2.74 bits per heavy atom. The Morgan fingerprint density at radius 1 is 1.42 bits per heavy atom. The van der Waals surface area contributed by atoms with Gasteiger partial charge in [-0.05, 0) is 24.2 Å². The Labute approximate surface area is 116 Å². The molecule has 19 heavy (non-hydrogen) atoms. The van der Waals surface area contributed by atoms with Crippen molar-refractivity contribution in [3.05, 3.63) is 24.3 Å². The Morgan fingerprint density at radius 2 is 2.11 bits per heavy atom. The number of aromatic hydroxyl groups is 1. The quantitative estimate of drug-likeness (QED) is 0.667. The smallest absolute Gasteiger partial charge is 0.220 e. The van der Waals surface area contributed by atoms with Gasteiger partial charge in [0.25, 0.3) is 0 Å². The average molecular weight is 276 g/mol. The molecule has 0 atom stereocenters. The van der Waals surface area contributed by atoms with E-state index in [4.69, 9.17) is 5.73 Å². The topological polar surface area (TPSA) is 75.9 Å². The van der Waals surface area contributed by atoms with Gasteiger partial charge in [0, 0.05) is 11.9 Å². The number of azo groups is 1. The number of hydrogen-bond donors (Lipinski definition) is 2. The molecule has 100 valence electrons. The molecule has 1 aromatic carbocycles. The SMILES string of the molecule is CC(C)Cn1c(O)c(N=NC(N)=S)c2ccccc21. The van der Waals surface area contributed by atoms with Crippen LogP contribution >= 0.6 is 12.2 Å². The van der Waals surface area contributed by atoms with Crippen LogP contribution in [0.5, 0.6) is 5.88 Å². The number of para-hydroxylation sites is 1. The summed E-state index contributed by atoms with van der Waals surface area (Å²) < 4.78 is 1.83. The van der Waals surface area contributed by atoms with Crippen molar-refractivity contribution < 1.29 is 5.11 Å². The molecule has 0 unspecified atom stereocenters. The zero-order chi connectivity index (χ0) is 14.0. The third kappa shape index (κ3) is 2.73. The number of nitrogens with zero attached hydrogens (tertiary/aromatic N) is 3. The normalized spacial score (nSPS) is 11.7. The van der Waals surface area contributed by atoms with Crippen LogP contribution in [-0.2, 0) is 6.54 Å². The lowest BCUT2D eigenvalue weighted by molar-refractivity contribution is 0.401. The predicted molar refractivity (Wildman–Crippen MR) is 79.7 cm³/mol. The highest BCUT2D eigenvalue weighted by Gasteiger charge is 2.16. The minimum Gasteiger partial charge on any atom is -0.493 e. The zero-order valence-electron chi connectivity index (χ0n) is 10.9. The van der Waals surface area contributed by atoms with Gasteiger partial charge in [-0.15, -0.1) is 10.2 Å². The first-order valence-electron chi connectivity index (χ1n) is 6.02. The first kappa shape index (κ1) is 13.5. The van der Waals surface area contributed by atoms with E-state index in [9.17, 15) is 5.11 Å². The van der Waals surface area contributed by atoms with Gasteiger partial charge < -0.3 is 15.4 Å². The van der Waals surface area contributed by atoms with E-state index in [-0.39, 0.29) is 11.0 Å². The maximum atomic E-state index is 10.3. The summed E-state index contributed by atoms with van der Waals surface area (Å²) in [5.41, 5.74) is 6.63. The summed E-state index contributed by atoms with van der Waals surface area (Å²) in [6.45, 7) is 4.88. The summed E-state index contributed by atoms with van der Waals surface area (Å²) >= 11 is 4.67. The van der Waals surface area contributed by atoms with Crippen molar-refractivity contribution in [3.63, 3.8) is 0 Å². The van der Waals surface area contributed by atoms with Crippen LogP contribution < -0.4 is 5.73 Å². The zero-order valence-corrected chi connectivity index (χ0v) is 11.7. The molecule has 0 aliphatic heterocycles. The largest absolute Gasteiger partial charge is 0.493 e. The summed E-state index contributed by atoms with van der Waals surface area (Å²) in [4.78, 5) is 0. The van der Waals surface area contributed by atoms with Gasteiger partial charge in [0.15, 0.2) is 5.69 Å². The van der Waals surface area contributed by atoms with E-state index in [0.29, 0.717) is 18.2 Å². The highest BCUT2D eigenvalue weighted by molar-refractivity contribution is 7.80. The molecular formula is C13H16N4OS. The molecule has 0 aliphatic rings. The van der Waals surface area contributed by atoms with E-state index in [1.54, 1.807) is 0 Å². The Hall–Kier alpha value is -1.95. The van der Waals surface area contributed by atoms with Crippen LogP contribution in [0.3, 0.4) is 0 Å². The lowest BCUT2D eigenvalue weighted by Gasteiger charge is -2.09. The number of aromatic nitrogens is 1. The summed E-state index contributed by atoms with van der Waals surface area (Å²) in [5.74, 6) is 0.497. The highest BCUT2D eigenvalue weighted by atomic mass is 32.1. The predicted octanol–water partition coefficient (Wildman–Crippen LogP) is 3.33. The Kier molecular flexibility index (Phi) is 3.80. The second kappa shape index (κ2) is 5.36. The molecule has 0 saturated carbocycles. The molecule has 3 N–H and O–H groups in total. The number of hydrogen-bond acceptors (Lipinski definition) is 3. The van der Waals surface area contributed by atoms with Gasteiger partial charge in [-0.2, -0.15) is 0 Å². The van der Waals surface area contributed by atoms with Crippen molar-refractivity contribution in [1.82, 2.24) is 4.57 Å². The van der Waals surface area contributed by atoms with E-state index >= 15 is 0 Å². The van der Waals surface area contributed by atoms with Crippen LogP contribution in [-0.4, -0.2) is 14.8 Å². The molecule has 0 bridgehead atoms. The van der Waals surface area contributed by atoms with E-state index in [1.807, 2.05) is 28.8 Å². The van der Waals surface area contributed by atoms with Crippen LogP contribution in [0, 0.1) is 5.92 Å². The molecule has 6 heteroatoms. The molecule has 0 saturated heterocycles. The fraction of sp³-hybridized carbons (Fsp3) is 0.308.